The molecule has 0 fully saturated rings. The van der Waals surface area contributed by atoms with Crippen LogP contribution in [0.5, 0.6) is 0 Å². The van der Waals surface area contributed by atoms with E-state index >= 15 is 0 Å². The largest absolute Gasteiger partial charge is 0.433 e. The molecule has 0 aromatic rings. The number of oxime groups is 1. The van der Waals surface area contributed by atoms with E-state index in [1.807, 2.05) is 0 Å². The molecule has 0 bridgehead atoms. The summed E-state index contributed by atoms with van der Waals surface area (Å²) < 4.78 is -4.20. The molecule has 15 heavy (non-hydrogen) atoms. The van der Waals surface area contributed by atoms with Gasteiger partial charge in [-0.2, -0.15) is 0 Å². The van der Waals surface area contributed by atoms with Crippen LogP contribution >= 0.6 is 69.6 Å². The van der Waals surface area contributed by atoms with E-state index in [4.69, 9.17) is 69.6 Å². The maximum Gasteiger partial charge on any atom is 0.433 e. The smallest absolute Gasteiger partial charge is 0.323 e. The summed E-state index contributed by atoms with van der Waals surface area (Å²) in [5.74, 6) is 0. The van der Waals surface area contributed by atoms with Gasteiger partial charge in [0.05, 0.1) is 0 Å². The molecule has 0 aliphatic rings. The van der Waals surface area contributed by atoms with E-state index in [-0.39, 0.29) is 0 Å². The number of hydrogen-bond donors (Lipinski definition) is 1. The molecule has 88 valence electrons. The summed E-state index contributed by atoms with van der Waals surface area (Å²) in [6.07, 6.45) is -0.893. The van der Waals surface area contributed by atoms with Gasteiger partial charge >= 0.3 is 6.09 Å². The predicted octanol–water partition coefficient (Wildman–Crippen LogP) is 3.44. The normalized spacial score (nSPS) is 11.9. The summed E-state index contributed by atoms with van der Waals surface area (Å²) in [6, 6.07) is 0. The first kappa shape index (κ1) is 15.7. The number of amides is 1. The SMILES string of the molecule is CNC(=O)ON=C(C(Cl)(Cl)Cl)C(Cl)(Cl)Cl. The highest BCUT2D eigenvalue weighted by atomic mass is 35.6. The Bertz CT molecular complexity index is 252. The van der Waals surface area contributed by atoms with Crippen LogP contribution < -0.4 is 5.32 Å². The monoisotopic (exact) mass is 334 g/mol. The molecule has 1 amide bonds. The minimum absolute atomic E-state index is 0.548. The van der Waals surface area contributed by atoms with Crippen molar-refractivity contribution in [3.63, 3.8) is 0 Å². The van der Waals surface area contributed by atoms with E-state index in [0.717, 1.165) is 0 Å². The second kappa shape index (κ2) is 5.84. The molecule has 0 aliphatic carbocycles. The third-order valence-electron chi connectivity index (χ3n) is 0.961. The van der Waals surface area contributed by atoms with Gasteiger partial charge in [0, 0.05) is 7.05 Å². The van der Waals surface area contributed by atoms with Crippen molar-refractivity contribution >= 4 is 81.4 Å². The summed E-state index contributed by atoms with van der Waals surface area (Å²) in [5, 5.41) is 5.25. The number of carbonyl (C=O) groups is 1. The number of nitrogens with zero attached hydrogens (tertiary/aromatic N) is 1. The zero-order valence-corrected chi connectivity index (χ0v) is 11.6. The highest BCUT2D eigenvalue weighted by molar-refractivity contribution is 6.87. The third kappa shape index (κ3) is 6.09. The quantitative estimate of drug-likeness (QED) is 0.345. The van der Waals surface area contributed by atoms with Gasteiger partial charge in [-0.1, -0.05) is 74.8 Å². The van der Waals surface area contributed by atoms with Gasteiger partial charge in [-0.25, -0.2) is 4.79 Å². The lowest BCUT2D eigenvalue weighted by molar-refractivity contribution is 0.152. The summed E-state index contributed by atoms with van der Waals surface area (Å²) >= 11 is 32.7. The molecule has 0 rings (SSSR count). The molecular formula is C5H4Cl6N2O2. The average Bonchev–Trinajstić information content (AvgIpc) is 1.99. The Morgan fingerprint density at radius 2 is 1.53 bits per heavy atom. The molecule has 0 saturated heterocycles. The highest BCUT2D eigenvalue weighted by Gasteiger charge is 2.43. The first-order chi connectivity index (χ1) is 6.59. The van der Waals surface area contributed by atoms with Gasteiger partial charge in [0.15, 0.2) is 5.71 Å². The van der Waals surface area contributed by atoms with Crippen molar-refractivity contribution < 1.29 is 9.63 Å². The van der Waals surface area contributed by atoms with Crippen molar-refractivity contribution in [2.45, 2.75) is 7.59 Å². The maximum atomic E-state index is 10.7. The molecule has 0 atom stereocenters. The molecule has 0 aromatic carbocycles. The van der Waals surface area contributed by atoms with Crippen LogP contribution in [-0.4, -0.2) is 26.4 Å². The second-order valence-corrected chi connectivity index (χ2v) is 6.63. The summed E-state index contributed by atoms with van der Waals surface area (Å²) in [4.78, 5) is 14.9. The average molecular weight is 337 g/mol. The van der Waals surface area contributed by atoms with Crippen molar-refractivity contribution in [1.29, 1.82) is 0 Å². The molecule has 10 heteroatoms. The number of hydrogen-bond acceptors (Lipinski definition) is 3. The molecule has 0 spiro atoms. The molecule has 0 aromatic heterocycles. The zero-order chi connectivity index (χ0) is 12.3. The Morgan fingerprint density at radius 1 is 1.13 bits per heavy atom. The first-order valence-corrected chi connectivity index (χ1v) is 5.47. The number of halogens is 6. The van der Waals surface area contributed by atoms with Crippen molar-refractivity contribution in [3.8, 4) is 0 Å². The summed E-state index contributed by atoms with van der Waals surface area (Å²) in [7, 11) is 1.31. The van der Waals surface area contributed by atoms with E-state index in [2.05, 4.69) is 15.3 Å². The molecule has 0 aliphatic heterocycles. The van der Waals surface area contributed by atoms with Crippen LogP contribution in [0.2, 0.25) is 0 Å². The lowest BCUT2D eigenvalue weighted by atomic mass is 10.5. The van der Waals surface area contributed by atoms with Gasteiger partial charge in [-0.3, -0.25) is 4.84 Å². The number of nitrogens with one attached hydrogen (secondary N) is 1. The molecule has 0 unspecified atom stereocenters. The predicted molar refractivity (Wildman–Crippen MR) is 63.6 cm³/mol. The molecule has 0 saturated carbocycles. The van der Waals surface area contributed by atoms with Gasteiger partial charge in [-0.05, 0) is 0 Å². The summed E-state index contributed by atoms with van der Waals surface area (Å²) in [5.41, 5.74) is -0.548. The molecule has 0 radical (unpaired) electrons. The van der Waals surface area contributed by atoms with Crippen LogP contribution in [0.1, 0.15) is 0 Å². The number of carbonyl (C=O) groups excluding carboxylic acids is 1. The number of rotatable bonds is 1. The summed E-state index contributed by atoms with van der Waals surface area (Å²) in [6.45, 7) is 0. The van der Waals surface area contributed by atoms with Crippen molar-refractivity contribution in [2.24, 2.45) is 5.16 Å². The topological polar surface area (TPSA) is 50.7 Å². The van der Waals surface area contributed by atoms with Crippen molar-refractivity contribution in [1.82, 2.24) is 5.32 Å². The van der Waals surface area contributed by atoms with Crippen LogP contribution in [0.4, 0.5) is 4.79 Å². The minimum Gasteiger partial charge on any atom is -0.323 e. The van der Waals surface area contributed by atoms with Crippen LogP contribution in [-0.2, 0) is 4.84 Å². The molecular weight excluding hydrogens is 333 g/mol. The highest BCUT2D eigenvalue weighted by Crippen LogP contribution is 2.40. The van der Waals surface area contributed by atoms with Gasteiger partial charge in [0.25, 0.3) is 0 Å². The zero-order valence-electron chi connectivity index (χ0n) is 7.03. The van der Waals surface area contributed by atoms with Crippen molar-refractivity contribution in [3.05, 3.63) is 0 Å². The molecule has 1 N–H and O–H groups in total. The van der Waals surface area contributed by atoms with Gasteiger partial charge in [-0.15, -0.1) is 0 Å². The van der Waals surface area contributed by atoms with E-state index in [1.165, 1.54) is 7.05 Å². The van der Waals surface area contributed by atoms with E-state index in [9.17, 15) is 4.79 Å². The van der Waals surface area contributed by atoms with Gasteiger partial charge in [0.1, 0.15) is 0 Å². The lowest BCUT2D eigenvalue weighted by Crippen LogP contribution is -2.33. The Labute approximate surface area is 116 Å². The first-order valence-electron chi connectivity index (χ1n) is 3.20. The van der Waals surface area contributed by atoms with Crippen LogP contribution in [0.3, 0.4) is 0 Å². The molecule has 0 heterocycles. The fraction of sp³-hybridized carbons (Fsp3) is 0.600. The Balaban J connectivity index is 4.89. The van der Waals surface area contributed by atoms with Gasteiger partial charge < -0.3 is 5.32 Å². The van der Waals surface area contributed by atoms with Crippen LogP contribution in [0, 0.1) is 0 Å². The van der Waals surface area contributed by atoms with Gasteiger partial charge in [0.2, 0.25) is 7.59 Å². The van der Waals surface area contributed by atoms with Crippen LogP contribution in [0.25, 0.3) is 0 Å². The Hall–Kier alpha value is 0.680. The fourth-order valence-corrected chi connectivity index (χ4v) is 1.89. The lowest BCUT2D eigenvalue weighted by Gasteiger charge is -2.19. The Morgan fingerprint density at radius 3 is 1.80 bits per heavy atom. The minimum atomic E-state index is -2.10. The fourth-order valence-electron chi connectivity index (χ4n) is 0.397. The van der Waals surface area contributed by atoms with Crippen LogP contribution in [0.15, 0.2) is 5.16 Å². The Kier molecular flexibility index (Phi) is 6.11. The standard InChI is InChI=1S/C5H4Cl6N2O2/c1-12-3(14)15-13-2(4(6,7)8)5(9,10)11/h1H3,(H,12,14). The van der Waals surface area contributed by atoms with Crippen molar-refractivity contribution in [2.75, 3.05) is 7.05 Å². The second-order valence-electron chi connectivity index (χ2n) is 2.06. The van der Waals surface area contributed by atoms with E-state index in [0.29, 0.717) is 0 Å². The third-order valence-corrected chi connectivity index (χ3v) is 2.04. The number of alkyl halides is 6. The molecule has 4 nitrogen and oxygen atoms in total. The van der Waals surface area contributed by atoms with E-state index < -0.39 is 19.4 Å². The van der Waals surface area contributed by atoms with E-state index in [1.54, 1.807) is 0 Å². The maximum absolute atomic E-state index is 10.7.